The summed E-state index contributed by atoms with van der Waals surface area (Å²) >= 11 is 3.30. The highest BCUT2D eigenvalue weighted by Crippen LogP contribution is 2.24. The number of allylic oxidation sites excluding steroid dienone is 1. The van der Waals surface area contributed by atoms with Gasteiger partial charge < -0.3 is 0 Å². The molecule has 1 aliphatic rings. The van der Waals surface area contributed by atoms with Crippen LogP contribution < -0.4 is 5.43 Å². The lowest BCUT2D eigenvalue weighted by atomic mass is 10.2. The van der Waals surface area contributed by atoms with Crippen molar-refractivity contribution < 1.29 is 4.21 Å². The summed E-state index contributed by atoms with van der Waals surface area (Å²) in [6.45, 7) is 0. The molecule has 0 spiro atoms. The molecule has 1 atom stereocenters. The van der Waals surface area contributed by atoms with Crippen LogP contribution in [-0.4, -0.2) is 4.21 Å². The second-order valence-corrected chi connectivity index (χ2v) is 5.23. The van der Waals surface area contributed by atoms with Crippen molar-refractivity contribution in [2.24, 2.45) is 0 Å². The zero-order valence-corrected chi connectivity index (χ0v) is 9.60. The molecule has 0 radical (unpaired) electrons. The SMILES string of the molecule is O=c1ccccc2c1S(=O)C=C(Br)C2. The number of fused-ring (bicyclic) bond motifs is 1. The molecule has 2 rings (SSSR count). The van der Waals surface area contributed by atoms with Gasteiger partial charge in [-0.2, -0.15) is 0 Å². The minimum atomic E-state index is -1.31. The van der Waals surface area contributed by atoms with Gasteiger partial charge in [0.2, 0.25) is 0 Å². The molecule has 2 nitrogen and oxygen atoms in total. The Bertz CT molecular complexity index is 494. The summed E-state index contributed by atoms with van der Waals surface area (Å²) in [4.78, 5) is 12.0. The monoisotopic (exact) mass is 270 g/mol. The van der Waals surface area contributed by atoms with Crippen LogP contribution in [0.25, 0.3) is 0 Å². The van der Waals surface area contributed by atoms with Crippen LogP contribution in [0.5, 0.6) is 0 Å². The molecule has 1 unspecified atom stereocenters. The summed E-state index contributed by atoms with van der Waals surface area (Å²) < 4.78 is 12.5. The lowest BCUT2D eigenvalue weighted by molar-refractivity contribution is 0.686. The van der Waals surface area contributed by atoms with Crippen molar-refractivity contribution in [3.8, 4) is 0 Å². The molecule has 0 aliphatic carbocycles. The van der Waals surface area contributed by atoms with E-state index in [2.05, 4.69) is 15.9 Å². The Morgan fingerprint density at radius 3 is 2.79 bits per heavy atom. The van der Waals surface area contributed by atoms with Gasteiger partial charge >= 0.3 is 0 Å². The maximum Gasteiger partial charge on any atom is 0.195 e. The fraction of sp³-hybridized carbons (Fsp3) is 0.100. The summed E-state index contributed by atoms with van der Waals surface area (Å²) in [6.07, 6.45) is 0.644. The van der Waals surface area contributed by atoms with E-state index < -0.39 is 10.8 Å². The molecule has 0 amide bonds. The average molecular weight is 271 g/mol. The van der Waals surface area contributed by atoms with Gasteiger partial charge in [0.05, 0.1) is 15.7 Å². The van der Waals surface area contributed by atoms with Crippen molar-refractivity contribution in [1.29, 1.82) is 0 Å². The summed E-state index contributed by atoms with van der Waals surface area (Å²) in [5.74, 6) is 0. The van der Waals surface area contributed by atoms with Crippen LogP contribution in [0.4, 0.5) is 0 Å². The molecule has 0 saturated heterocycles. The number of hydrogen-bond donors (Lipinski definition) is 0. The molecule has 1 heterocycles. The van der Waals surface area contributed by atoms with E-state index in [9.17, 15) is 9.00 Å². The van der Waals surface area contributed by atoms with E-state index in [1.807, 2.05) is 6.07 Å². The molecule has 0 saturated carbocycles. The van der Waals surface area contributed by atoms with Crippen molar-refractivity contribution in [3.63, 3.8) is 0 Å². The van der Waals surface area contributed by atoms with Crippen molar-refractivity contribution in [3.05, 3.63) is 49.9 Å². The lowest BCUT2D eigenvalue weighted by Crippen LogP contribution is -2.12. The lowest BCUT2D eigenvalue weighted by Gasteiger charge is -2.08. The largest absolute Gasteiger partial charge is 0.289 e. The quantitative estimate of drug-likeness (QED) is 0.722. The summed E-state index contributed by atoms with van der Waals surface area (Å²) in [5.41, 5.74) is 0.687. The van der Waals surface area contributed by atoms with Crippen molar-refractivity contribution in [2.45, 2.75) is 11.3 Å². The van der Waals surface area contributed by atoms with E-state index in [-0.39, 0.29) is 5.43 Å². The standard InChI is InChI=1S/C10H7BrO2S/c11-8-5-7-3-1-2-4-9(12)10(7)14(13)6-8/h1-4,6H,5H2. The molecule has 0 fully saturated rings. The Morgan fingerprint density at radius 2 is 2.00 bits per heavy atom. The molecule has 4 heteroatoms. The molecular weight excluding hydrogens is 264 g/mol. The first-order chi connectivity index (χ1) is 6.68. The van der Waals surface area contributed by atoms with Gasteiger partial charge in [-0.25, -0.2) is 4.21 Å². The third-order valence-electron chi connectivity index (χ3n) is 1.97. The van der Waals surface area contributed by atoms with Crippen LogP contribution in [0, 0.1) is 0 Å². The fourth-order valence-electron chi connectivity index (χ4n) is 1.39. The van der Waals surface area contributed by atoms with Gasteiger partial charge in [0, 0.05) is 16.3 Å². The van der Waals surface area contributed by atoms with Crippen LogP contribution in [0.1, 0.15) is 5.56 Å². The first-order valence-corrected chi connectivity index (χ1v) is 6.08. The average Bonchev–Trinajstić information content (AvgIpc) is 2.27. The fourth-order valence-corrected chi connectivity index (χ4v) is 3.30. The zero-order valence-electron chi connectivity index (χ0n) is 7.20. The smallest absolute Gasteiger partial charge is 0.195 e. The van der Waals surface area contributed by atoms with Crippen molar-refractivity contribution in [1.82, 2.24) is 0 Å². The molecule has 1 aromatic carbocycles. The first-order valence-electron chi connectivity index (χ1n) is 4.07. The summed E-state index contributed by atoms with van der Waals surface area (Å²) in [5, 5.41) is 1.57. The Kier molecular flexibility index (Phi) is 2.65. The second kappa shape index (κ2) is 3.79. The molecule has 0 bridgehead atoms. The molecule has 0 aromatic heterocycles. The van der Waals surface area contributed by atoms with Crippen LogP contribution in [-0.2, 0) is 17.2 Å². The van der Waals surface area contributed by atoms with Crippen LogP contribution >= 0.6 is 15.9 Å². The molecule has 72 valence electrons. The van der Waals surface area contributed by atoms with E-state index in [0.717, 1.165) is 10.0 Å². The van der Waals surface area contributed by atoms with E-state index in [1.165, 1.54) is 6.07 Å². The van der Waals surface area contributed by atoms with Gasteiger partial charge in [-0.1, -0.05) is 34.1 Å². The first kappa shape index (κ1) is 9.80. The second-order valence-electron chi connectivity index (χ2n) is 2.98. The van der Waals surface area contributed by atoms with Crippen molar-refractivity contribution in [2.75, 3.05) is 0 Å². The van der Waals surface area contributed by atoms with Gasteiger partial charge in [0.15, 0.2) is 5.43 Å². The van der Waals surface area contributed by atoms with E-state index in [0.29, 0.717) is 11.3 Å². The van der Waals surface area contributed by atoms with Gasteiger partial charge in [-0.15, -0.1) is 0 Å². The number of hydrogen-bond acceptors (Lipinski definition) is 2. The molecule has 14 heavy (non-hydrogen) atoms. The third-order valence-corrected chi connectivity index (χ3v) is 4.14. The molecule has 1 aromatic rings. The molecular formula is C10H7BrO2S. The normalized spacial score (nSPS) is 19.8. The minimum absolute atomic E-state index is 0.153. The summed E-state index contributed by atoms with van der Waals surface area (Å²) in [6, 6.07) is 6.75. The van der Waals surface area contributed by atoms with Crippen LogP contribution in [0.3, 0.4) is 0 Å². The Balaban J connectivity index is 2.76. The van der Waals surface area contributed by atoms with Gasteiger partial charge in [0.1, 0.15) is 0 Å². The predicted octanol–water partition coefficient (Wildman–Crippen LogP) is 1.95. The van der Waals surface area contributed by atoms with Crippen LogP contribution in [0.15, 0.2) is 43.8 Å². The van der Waals surface area contributed by atoms with Crippen molar-refractivity contribution >= 4 is 26.7 Å². The molecule has 0 N–H and O–H groups in total. The van der Waals surface area contributed by atoms with E-state index in [1.54, 1.807) is 17.5 Å². The Hall–Kier alpha value is -0.740. The highest BCUT2D eigenvalue weighted by Gasteiger charge is 2.16. The molecule has 1 aliphatic heterocycles. The van der Waals surface area contributed by atoms with Gasteiger partial charge in [0.25, 0.3) is 0 Å². The van der Waals surface area contributed by atoms with Gasteiger partial charge in [-0.3, -0.25) is 4.79 Å². The maximum absolute atomic E-state index is 11.7. The zero-order chi connectivity index (χ0) is 10.1. The third kappa shape index (κ3) is 1.72. The Morgan fingerprint density at radius 1 is 1.29 bits per heavy atom. The van der Waals surface area contributed by atoms with Gasteiger partial charge in [-0.05, 0) is 11.6 Å². The minimum Gasteiger partial charge on any atom is -0.289 e. The maximum atomic E-state index is 11.7. The topological polar surface area (TPSA) is 34.1 Å². The number of rotatable bonds is 0. The number of halogens is 1. The summed E-state index contributed by atoms with van der Waals surface area (Å²) in [7, 11) is -1.31. The van der Waals surface area contributed by atoms with Crippen LogP contribution in [0.2, 0.25) is 0 Å². The Labute approximate surface area is 92.2 Å². The van der Waals surface area contributed by atoms with E-state index in [4.69, 9.17) is 0 Å². The highest BCUT2D eigenvalue weighted by atomic mass is 79.9. The highest BCUT2D eigenvalue weighted by molar-refractivity contribution is 9.11. The predicted molar refractivity (Wildman–Crippen MR) is 59.8 cm³/mol. The van der Waals surface area contributed by atoms with E-state index >= 15 is 0 Å².